The van der Waals surface area contributed by atoms with Gasteiger partial charge in [0.2, 0.25) is 11.8 Å². The molecule has 1 unspecified atom stereocenters. The Balaban J connectivity index is 1.40. The van der Waals surface area contributed by atoms with Crippen molar-refractivity contribution in [2.75, 3.05) is 0 Å². The lowest BCUT2D eigenvalue weighted by Crippen LogP contribution is -2.44. The first-order valence-electron chi connectivity index (χ1n) is 10.7. The SMILES string of the molecule is Cc1cnc([C@H](Cc2ccc(F)cc2)NC(=O)C(N)Cc2cn(Cc3ccccc3)cn2)o1. The molecule has 0 spiro atoms. The number of halogens is 1. The first kappa shape index (κ1) is 22.4. The summed E-state index contributed by atoms with van der Waals surface area (Å²) in [7, 11) is 0. The van der Waals surface area contributed by atoms with Crippen LogP contribution in [0, 0.1) is 12.7 Å². The number of aromatic nitrogens is 3. The highest BCUT2D eigenvalue weighted by molar-refractivity contribution is 5.82. The molecule has 0 aliphatic carbocycles. The summed E-state index contributed by atoms with van der Waals surface area (Å²) in [4.78, 5) is 21.5. The zero-order valence-electron chi connectivity index (χ0n) is 18.3. The Labute approximate surface area is 191 Å². The van der Waals surface area contributed by atoms with E-state index >= 15 is 0 Å². The molecule has 0 radical (unpaired) electrons. The summed E-state index contributed by atoms with van der Waals surface area (Å²) in [6.45, 7) is 2.48. The zero-order chi connectivity index (χ0) is 23.2. The molecule has 170 valence electrons. The van der Waals surface area contributed by atoms with Gasteiger partial charge in [-0.15, -0.1) is 0 Å². The number of imidazole rings is 1. The van der Waals surface area contributed by atoms with Crippen LogP contribution in [0.5, 0.6) is 0 Å². The second kappa shape index (κ2) is 10.2. The van der Waals surface area contributed by atoms with Crippen molar-refractivity contribution >= 4 is 5.91 Å². The molecule has 2 heterocycles. The molecule has 33 heavy (non-hydrogen) atoms. The van der Waals surface area contributed by atoms with Crippen LogP contribution in [0.4, 0.5) is 4.39 Å². The van der Waals surface area contributed by atoms with E-state index in [4.69, 9.17) is 10.2 Å². The molecule has 0 bridgehead atoms. The van der Waals surface area contributed by atoms with Gasteiger partial charge in [-0.05, 0) is 30.2 Å². The summed E-state index contributed by atoms with van der Waals surface area (Å²) in [6.07, 6.45) is 5.91. The molecule has 4 aromatic rings. The molecule has 0 saturated heterocycles. The van der Waals surface area contributed by atoms with Crippen molar-refractivity contribution in [2.45, 2.75) is 38.4 Å². The molecule has 3 N–H and O–H groups in total. The van der Waals surface area contributed by atoms with E-state index in [-0.39, 0.29) is 11.7 Å². The van der Waals surface area contributed by atoms with Gasteiger partial charge in [-0.25, -0.2) is 14.4 Å². The van der Waals surface area contributed by atoms with Crippen molar-refractivity contribution in [1.29, 1.82) is 0 Å². The molecule has 2 atom stereocenters. The minimum absolute atomic E-state index is 0.293. The van der Waals surface area contributed by atoms with Crippen molar-refractivity contribution in [1.82, 2.24) is 19.9 Å². The van der Waals surface area contributed by atoms with Crippen LogP contribution in [0.25, 0.3) is 0 Å². The predicted molar refractivity (Wildman–Crippen MR) is 122 cm³/mol. The van der Waals surface area contributed by atoms with Crippen LogP contribution >= 0.6 is 0 Å². The summed E-state index contributed by atoms with van der Waals surface area (Å²) in [5.41, 5.74) is 8.93. The van der Waals surface area contributed by atoms with Gasteiger partial charge in [0, 0.05) is 25.6 Å². The first-order chi connectivity index (χ1) is 16.0. The van der Waals surface area contributed by atoms with Crippen LogP contribution in [0.2, 0.25) is 0 Å². The van der Waals surface area contributed by atoms with Crippen LogP contribution in [0.15, 0.2) is 77.7 Å². The maximum atomic E-state index is 13.3. The Bertz CT molecular complexity index is 1190. The third-order valence-electron chi connectivity index (χ3n) is 5.27. The molecule has 0 saturated carbocycles. The van der Waals surface area contributed by atoms with Crippen LogP contribution < -0.4 is 11.1 Å². The number of rotatable bonds is 9. The number of aryl methyl sites for hydroxylation is 1. The lowest BCUT2D eigenvalue weighted by molar-refractivity contribution is -0.123. The smallest absolute Gasteiger partial charge is 0.237 e. The molecule has 4 rings (SSSR count). The molecule has 0 aliphatic rings. The number of benzene rings is 2. The van der Waals surface area contributed by atoms with Crippen LogP contribution in [0.1, 0.15) is 34.5 Å². The highest BCUT2D eigenvalue weighted by Gasteiger charge is 2.24. The number of hydrogen-bond donors (Lipinski definition) is 2. The highest BCUT2D eigenvalue weighted by Crippen LogP contribution is 2.19. The van der Waals surface area contributed by atoms with Crippen molar-refractivity contribution < 1.29 is 13.6 Å². The largest absolute Gasteiger partial charge is 0.444 e. The summed E-state index contributed by atoms with van der Waals surface area (Å²) < 4.78 is 20.9. The number of amides is 1. The fourth-order valence-corrected chi connectivity index (χ4v) is 3.58. The van der Waals surface area contributed by atoms with Gasteiger partial charge in [-0.3, -0.25) is 4.79 Å². The van der Waals surface area contributed by atoms with Gasteiger partial charge in [-0.2, -0.15) is 0 Å². The second-order valence-electron chi connectivity index (χ2n) is 8.03. The van der Waals surface area contributed by atoms with E-state index in [1.807, 2.05) is 41.1 Å². The number of hydrogen-bond acceptors (Lipinski definition) is 5. The maximum absolute atomic E-state index is 13.3. The average molecular weight is 448 g/mol. The minimum atomic E-state index is -0.795. The second-order valence-corrected chi connectivity index (χ2v) is 8.03. The van der Waals surface area contributed by atoms with E-state index in [2.05, 4.69) is 15.3 Å². The molecule has 2 aromatic carbocycles. The predicted octanol–water partition coefficient (Wildman–Crippen LogP) is 3.34. The summed E-state index contributed by atoms with van der Waals surface area (Å²) in [5.74, 6) is 0.358. The summed E-state index contributed by atoms with van der Waals surface area (Å²) >= 11 is 0. The van der Waals surface area contributed by atoms with E-state index < -0.39 is 12.1 Å². The third kappa shape index (κ3) is 6.14. The Morgan fingerprint density at radius 2 is 1.85 bits per heavy atom. The molecule has 8 heteroatoms. The Hall–Kier alpha value is -3.78. The quantitative estimate of drug-likeness (QED) is 0.410. The lowest BCUT2D eigenvalue weighted by atomic mass is 10.0. The van der Waals surface area contributed by atoms with E-state index in [0.29, 0.717) is 31.0 Å². The number of carbonyl (C=O) groups excluding carboxylic acids is 1. The van der Waals surface area contributed by atoms with Gasteiger partial charge in [0.05, 0.1) is 24.3 Å². The minimum Gasteiger partial charge on any atom is -0.444 e. The number of nitrogens with zero attached hydrogens (tertiary/aromatic N) is 3. The maximum Gasteiger partial charge on any atom is 0.237 e. The van der Waals surface area contributed by atoms with E-state index in [9.17, 15) is 9.18 Å². The molecular weight excluding hydrogens is 421 g/mol. The number of nitrogens with one attached hydrogen (secondary N) is 1. The van der Waals surface area contributed by atoms with Gasteiger partial charge >= 0.3 is 0 Å². The molecule has 0 fully saturated rings. The topological polar surface area (TPSA) is 99.0 Å². The van der Waals surface area contributed by atoms with Gasteiger partial charge in [0.25, 0.3) is 0 Å². The molecule has 2 aromatic heterocycles. The van der Waals surface area contributed by atoms with Gasteiger partial charge in [0.15, 0.2) is 0 Å². The zero-order valence-corrected chi connectivity index (χ0v) is 18.3. The van der Waals surface area contributed by atoms with Crippen molar-refractivity contribution in [3.63, 3.8) is 0 Å². The van der Waals surface area contributed by atoms with Crippen LogP contribution in [0.3, 0.4) is 0 Å². The first-order valence-corrected chi connectivity index (χ1v) is 10.7. The van der Waals surface area contributed by atoms with Gasteiger partial charge < -0.3 is 20.0 Å². The van der Waals surface area contributed by atoms with Crippen LogP contribution in [-0.4, -0.2) is 26.5 Å². The van der Waals surface area contributed by atoms with E-state index in [1.54, 1.807) is 31.6 Å². The Kier molecular flexibility index (Phi) is 6.95. The third-order valence-corrected chi connectivity index (χ3v) is 5.27. The number of carbonyl (C=O) groups is 1. The average Bonchev–Trinajstić information content (AvgIpc) is 3.44. The van der Waals surface area contributed by atoms with Crippen molar-refractivity contribution in [2.24, 2.45) is 5.73 Å². The fraction of sp³-hybridized carbons (Fsp3) is 0.240. The summed E-state index contributed by atoms with van der Waals surface area (Å²) in [6, 6.07) is 14.8. The van der Waals surface area contributed by atoms with Gasteiger partial charge in [0.1, 0.15) is 17.6 Å². The lowest BCUT2D eigenvalue weighted by Gasteiger charge is -2.18. The van der Waals surface area contributed by atoms with E-state index in [1.165, 1.54) is 12.1 Å². The monoisotopic (exact) mass is 447 g/mol. The molecule has 1 amide bonds. The molecule has 7 nitrogen and oxygen atoms in total. The van der Waals surface area contributed by atoms with Crippen molar-refractivity contribution in [3.8, 4) is 0 Å². The fourth-order valence-electron chi connectivity index (χ4n) is 3.58. The molecule has 0 aliphatic heterocycles. The standard InChI is InChI=1S/C25H26FN5O2/c1-17-13-28-25(33-17)23(11-18-7-9-20(26)10-8-18)30-24(32)22(27)12-21-15-31(16-29-21)14-19-5-3-2-4-6-19/h2-10,13,15-16,22-23H,11-12,14,27H2,1H3,(H,30,32)/t22?,23-/m0/s1. The van der Waals surface area contributed by atoms with Crippen LogP contribution in [-0.2, 0) is 24.2 Å². The highest BCUT2D eigenvalue weighted by atomic mass is 19.1. The van der Waals surface area contributed by atoms with Gasteiger partial charge in [-0.1, -0.05) is 42.5 Å². The van der Waals surface area contributed by atoms with E-state index in [0.717, 1.165) is 16.8 Å². The number of oxazole rings is 1. The number of nitrogens with two attached hydrogens (primary N) is 1. The summed E-state index contributed by atoms with van der Waals surface area (Å²) in [5, 5.41) is 2.93. The van der Waals surface area contributed by atoms with Crippen molar-refractivity contribution in [3.05, 3.63) is 108 Å². The molecular formula is C25H26FN5O2. The Morgan fingerprint density at radius 1 is 1.09 bits per heavy atom. The Morgan fingerprint density at radius 3 is 2.55 bits per heavy atom. The normalized spacial score (nSPS) is 12.9.